The number of nitrogen functional groups attached to an aromatic ring is 1. The minimum absolute atomic E-state index is 0.0261. The van der Waals surface area contributed by atoms with Crippen molar-refractivity contribution in [2.45, 2.75) is 19.8 Å². The first-order valence-corrected chi connectivity index (χ1v) is 9.79. The molecule has 1 aliphatic heterocycles. The van der Waals surface area contributed by atoms with E-state index in [9.17, 15) is 4.79 Å². The third-order valence-corrected chi connectivity index (χ3v) is 5.10. The molecule has 5 heteroatoms. The Kier molecular flexibility index (Phi) is 6.71. The molecule has 1 fully saturated rings. The number of carbonyl (C=O) groups is 1. The molecule has 1 heterocycles. The summed E-state index contributed by atoms with van der Waals surface area (Å²) in [4.78, 5) is 17.0. The Morgan fingerprint density at radius 3 is 2.48 bits per heavy atom. The number of carbonyl (C=O) groups excluding carboxylic acids is 1. The van der Waals surface area contributed by atoms with Crippen molar-refractivity contribution < 1.29 is 4.79 Å². The molecule has 5 nitrogen and oxygen atoms in total. The number of anilines is 2. The molecule has 0 saturated carbocycles. The summed E-state index contributed by atoms with van der Waals surface area (Å²) in [5.74, 6) is -0.0261. The molecule has 27 heavy (non-hydrogen) atoms. The number of rotatable bonds is 7. The van der Waals surface area contributed by atoms with Crippen molar-refractivity contribution in [3.63, 3.8) is 0 Å². The molecule has 0 aromatic heterocycles. The van der Waals surface area contributed by atoms with E-state index in [1.165, 1.54) is 11.3 Å². The number of benzene rings is 2. The van der Waals surface area contributed by atoms with E-state index in [-0.39, 0.29) is 5.91 Å². The van der Waals surface area contributed by atoms with Gasteiger partial charge in [0.25, 0.3) is 5.91 Å². The molecule has 1 aliphatic rings. The lowest BCUT2D eigenvalue weighted by molar-refractivity contribution is 0.0952. The van der Waals surface area contributed by atoms with Crippen LogP contribution in [-0.2, 0) is 0 Å². The fourth-order valence-corrected chi connectivity index (χ4v) is 3.45. The Morgan fingerprint density at radius 2 is 1.78 bits per heavy atom. The normalized spacial score (nSPS) is 14.9. The summed E-state index contributed by atoms with van der Waals surface area (Å²) in [5, 5.41) is 2.98. The molecule has 0 radical (unpaired) electrons. The molecule has 1 amide bonds. The van der Waals surface area contributed by atoms with Crippen LogP contribution in [0.25, 0.3) is 0 Å². The van der Waals surface area contributed by atoms with Gasteiger partial charge >= 0.3 is 0 Å². The van der Waals surface area contributed by atoms with Gasteiger partial charge in [0.15, 0.2) is 0 Å². The number of hydrogen-bond donors (Lipinski definition) is 2. The quantitative estimate of drug-likeness (QED) is 0.584. The zero-order valence-corrected chi connectivity index (χ0v) is 16.2. The summed E-state index contributed by atoms with van der Waals surface area (Å²) in [5.41, 5.74) is 9.63. The SMILES string of the molecule is Cc1cccc(N2CCN(CCCCNC(=O)c3ccc(N)cc3)CC2)c1. The third-order valence-electron chi connectivity index (χ3n) is 5.10. The Bertz CT molecular complexity index is 736. The van der Waals surface area contributed by atoms with E-state index in [2.05, 4.69) is 46.3 Å². The van der Waals surface area contributed by atoms with E-state index in [1.54, 1.807) is 24.3 Å². The van der Waals surface area contributed by atoms with E-state index < -0.39 is 0 Å². The lowest BCUT2D eigenvalue weighted by atomic mass is 10.2. The molecule has 0 aliphatic carbocycles. The van der Waals surface area contributed by atoms with E-state index in [0.717, 1.165) is 45.6 Å². The fraction of sp³-hybridized carbons (Fsp3) is 0.409. The Hall–Kier alpha value is -2.53. The van der Waals surface area contributed by atoms with Crippen LogP contribution in [-0.4, -0.2) is 50.1 Å². The molecular weight excluding hydrogens is 336 g/mol. The van der Waals surface area contributed by atoms with Crippen molar-refractivity contribution in [3.05, 3.63) is 59.7 Å². The second kappa shape index (κ2) is 9.42. The predicted octanol–water partition coefficient (Wildman–Crippen LogP) is 2.91. The van der Waals surface area contributed by atoms with Gasteiger partial charge < -0.3 is 16.0 Å². The van der Waals surface area contributed by atoms with Gasteiger partial charge in [-0.1, -0.05) is 12.1 Å². The van der Waals surface area contributed by atoms with Crippen molar-refractivity contribution in [1.29, 1.82) is 0 Å². The van der Waals surface area contributed by atoms with Crippen LogP contribution < -0.4 is 16.0 Å². The minimum Gasteiger partial charge on any atom is -0.399 e. The van der Waals surface area contributed by atoms with E-state index in [0.29, 0.717) is 17.8 Å². The number of piperazine rings is 1. The fourth-order valence-electron chi connectivity index (χ4n) is 3.45. The number of hydrogen-bond acceptors (Lipinski definition) is 4. The van der Waals surface area contributed by atoms with Gasteiger partial charge in [0, 0.05) is 49.7 Å². The Labute approximate surface area is 162 Å². The van der Waals surface area contributed by atoms with E-state index in [4.69, 9.17) is 5.73 Å². The van der Waals surface area contributed by atoms with Gasteiger partial charge in [-0.2, -0.15) is 0 Å². The van der Waals surface area contributed by atoms with Crippen LogP contribution in [0.5, 0.6) is 0 Å². The molecule has 0 spiro atoms. The van der Waals surface area contributed by atoms with Crippen LogP contribution in [0.1, 0.15) is 28.8 Å². The topological polar surface area (TPSA) is 61.6 Å². The largest absolute Gasteiger partial charge is 0.399 e. The molecule has 2 aromatic carbocycles. The summed E-state index contributed by atoms with van der Waals surface area (Å²) in [6.07, 6.45) is 2.10. The molecule has 3 rings (SSSR count). The van der Waals surface area contributed by atoms with Crippen molar-refractivity contribution in [2.24, 2.45) is 0 Å². The second-order valence-electron chi connectivity index (χ2n) is 7.25. The van der Waals surface area contributed by atoms with Gasteiger partial charge in [-0.15, -0.1) is 0 Å². The van der Waals surface area contributed by atoms with Crippen LogP contribution in [0, 0.1) is 6.92 Å². The zero-order chi connectivity index (χ0) is 19.1. The van der Waals surface area contributed by atoms with Crippen LogP contribution in [0.4, 0.5) is 11.4 Å². The van der Waals surface area contributed by atoms with Crippen molar-refractivity contribution in [1.82, 2.24) is 10.2 Å². The molecule has 0 unspecified atom stereocenters. The van der Waals surface area contributed by atoms with Crippen molar-refractivity contribution in [2.75, 3.05) is 49.9 Å². The first kappa shape index (κ1) is 19.2. The lowest BCUT2D eigenvalue weighted by Gasteiger charge is -2.36. The summed E-state index contributed by atoms with van der Waals surface area (Å²) in [6.45, 7) is 8.32. The maximum absolute atomic E-state index is 12.0. The van der Waals surface area contributed by atoms with Crippen molar-refractivity contribution in [3.8, 4) is 0 Å². The first-order chi connectivity index (χ1) is 13.1. The Morgan fingerprint density at radius 1 is 1.04 bits per heavy atom. The second-order valence-corrected chi connectivity index (χ2v) is 7.25. The maximum atomic E-state index is 12.0. The molecule has 2 aromatic rings. The van der Waals surface area contributed by atoms with Gasteiger partial charge in [-0.3, -0.25) is 9.69 Å². The first-order valence-electron chi connectivity index (χ1n) is 9.79. The highest BCUT2D eigenvalue weighted by atomic mass is 16.1. The highest BCUT2D eigenvalue weighted by Gasteiger charge is 2.16. The van der Waals surface area contributed by atoms with Gasteiger partial charge in [-0.25, -0.2) is 0 Å². The molecule has 3 N–H and O–H groups in total. The van der Waals surface area contributed by atoms with Gasteiger partial charge in [0.1, 0.15) is 0 Å². The molecule has 0 bridgehead atoms. The number of nitrogens with one attached hydrogen (secondary N) is 1. The molecule has 144 valence electrons. The van der Waals surface area contributed by atoms with Crippen LogP contribution in [0.2, 0.25) is 0 Å². The predicted molar refractivity (Wildman–Crippen MR) is 112 cm³/mol. The van der Waals surface area contributed by atoms with E-state index in [1.807, 2.05) is 0 Å². The highest BCUT2D eigenvalue weighted by molar-refractivity contribution is 5.94. The van der Waals surface area contributed by atoms with Gasteiger partial charge in [0.2, 0.25) is 0 Å². The van der Waals surface area contributed by atoms with Crippen molar-refractivity contribution >= 4 is 17.3 Å². The monoisotopic (exact) mass is 366 g/mol. The van der Waals surface area contributed by atoms with Gasteiger partial charge in [-0.05, 0) is 68.3 Å². The van der Waals surface area contributed by atoms with E-state index >= 15 is 0 Å². The minimum atomic E-state index is -0.0261. The highest BCUT2D eigenvalue weighted by Crippen LogP contribution is 2.17. The number of amides is 1. The smallest absolute Gasteiger partial charge is 0.251 e. The average Bonchev–Trinajstić information content (AvgIpc) is 2.68. The molecule has 1 saturated heterocycles. The third kappa shape index (κ3) is 5.73. The lowest BCUT2D eigenvalue weighted by Crippen LogP contribution is -2.46. The summed E-state index contributed by atoms with van der Waals surface area (Å²) >= 11 is 0. The Balaban J connectivity index is 1.30. The summed E-state index contributed by atoms with van der Waals surface area (Å²) in [7, 11) is 0. The number of nitrogens with two attached hydrogens (primary N) is 1. The number of nitrogens with zero attached hydrogens (tertiary/aromatic N) is 2. The molecule has 0 atom stereocenters. The number of unbranched alkanes of at least 4 members (excludes halogenated alkanes) is 1. The van der Waals surface area contributed by atoms with Crippen LogP contribution in [0.15, 0.2) is 48.5 Å². The van der Waals surface area contributed by atoms with Crippen LogP contribution >= 0.6 is 0 Å². The number of aryl methyl sites for hydroxylation is 1. The van der Waals surface area contributed by atoms with Gasteiger partial charge in [0.05, 0.1) is 0 Å². The zero-order valence-electron chi connectivity index (χ0n) is 16.2. The summed E-state index contributed by atoms with van der Waals surface area (Å²) < 4.78 is 0. The maximum Gasteiger partial charge on any atom is 0.251 e. The summed E-state index contributed by atoms with van der Waals surface area (Å²) in [6, 6.07) is 15.8. The molecular formula is C22H30N4O. The standard InChI is InChI=1S/C22H30N4O/c1-18-5-4-6-21(17-18)26-15-13-25(14-16-26)12-3-2-11-24-22(27)19-7-9-20(23)10-8-19/h4-10,17H,2-3,11-16,23H2,1H3,(H,24,27). The average molecular weight is 367 g/mol. The van der Waals surface area contributed by atoms with Crippen LogP contribution in [0.3, 0.4) is 0 Å².